The van der Waals surface area contributed by atoms with E-state index in [1.807, 2.05) is 0 Å². The average molecular weight is 292 g/mol. The van der Waals surface area contributed by atoms with Crippen molar-refractivity contribution in [3.63, 3.8) is 0 Å². The van der Waals surface area contributed by atoms with Crippen molar-refractivity contribution < 1.29 is 4.79 Å². The van der Waals surface area contributed by atoms with Crippen molar-refractivity contribution in [2.45, 2.75) is 96.8 Å². The highest BCUT2D eigenvalue weighted by molar-refractivity contribution is 5.88. The zero-order valence-electron chi connectivity index (χ0n) is 14.2. The maximum atomic E-state index is 13.2. The zero-order chi connectivity index (χ0) is 15.3. The summed E-state index contributed by atoms with van der Waals surface area (Å²) in [7, 11) is 0. The van der Waals surface area contributed by atoms with E-state index in [0.717, 1.165) is 6.42 Å². The molecule has 3 rings (SSSR count). The van der Waals surface area contributed by atoms with Crippen molar-refractivity contribution in [1.29, 1.82) is 0 Å². The molecule has 3 fully saturated rings. The molecule has 1 aliphatic heterocycles. The zero-order valence-corrected chi connectivity index (χ0v) is 14.2. The molecule has 3 aliphatic rings. The molecule has 0 aromatic carbocycles. The van der Waals surface area contributed by atoms with Crippen molar-refractivity contribution >= 4 is 5.91 Å². The highest BCUT2D eigenvalue weighted by atomic mass is 16.2. The van der Waals surface area contributed by atoms with Gasteiger partial charge in [0, 0.05) is 6.04 Å². The van der Waals surface area contributed by atoms with E-state index in [2.05, 4.69) is 37.9 Å². The Bertz CT molecular complexity index is 413. The van der Waals surface area contributed by atoms with Gasteiger partial charge in [-0.2, -0.15) is 0 Å². The predicted octanol–water partition coefficient (Wildman–Crippen LogP) is 3.68. The Morgan fingerprint density at radius 2 is 1.81 bits per heavy atom. The molecule has 2 aliphatic carbocycles. The predicted molar refractivity (Wildman–Crippen MR) is 85.8 cm³/mol. The van der Waals surface area contributed by atoms with Gasteiger partial charge in [-0.05, 0) is 50.4 Å². The van der Waals surface area contributed by atoms with Crippen molar-refractivity contribution in [2.24, 2.45) is 11.3 Å². The van der Waals surface area contributed by atoms with Gasteiger partial charge in [-0.1, -0.05) is 40.0 Å². The van der Waals surface area contributed by atoms with Crippen molar-refractivity contribution in [1.82, 2.24) is 10.2 Å². The van der Waals surface area contributed by atoms with Gasteiger partial charge < -0.3 is 4.90 Å². The molecule has 1 saturated heterocycles. The molecular formula is C18H32N2O. The number of nitrogens with one attached hydrogen (secondary N) is 1. The summed E-state index contributed by atoms with van der Waals surface area (Å²) in [5.74, 6) is 1.03. The van der Waals surface area contributed by atoms with E-state index in [1.54, 1.807) is 0 Å². The second-order valence-electron chi connectivity index (χ2n) is 8.43. The van der Waals surface area contributed by atoms with Crippen LogP contribution in [0.1, 0.15) is 79.1 Å². The summed E-state index contributed by atoms with van der Waals surface area (Å²) in [6.07, 6.45) is 10.1. The lowest BCUT2D eigenvalue weighted by Gasteiger charge is -2.40. The van der Waals surface area contributed by atoms with Crippen LogP contribution >= 0.6 is 0 Å². The quantitative estimate of drug-likeness (QED) is 0.860. The van der Waals surface area contributed by atoms with Crippen LogP contribution in [0.4, 0.5) is 0 Å². The molecule has 1 amide bonds. The van der Waals surface area contributed by atoms with Crippen molar-refractivity contribution in [3.05, 3.63) is 0 Å². The molecule has 0 bridgehead atoms. The van der Waals surface area contributed by atoms with Crippen LogP contribution in [-0.4, -0.2) is 28.6 Å². The fourth-order valence-corrected chi connectivity index (χ4v) is 4.90. The number of amides is 1. The Kier molecular flexibility index (Phi) is 3.84. The molecule has 120 valence electrons. The van der Waals surface area contributed by atoms with Crippen molar-refractivity contribution in [2.75, 3.05) is 0 Å². The van der Waals surface area contributed by atoms with E-state index in [1.165, 1.54) is 44.9 Å². The Morgan fingerprint density at radius 3 is 2.33 bits per heavy atom. The van der Waals surface area contributed by atoms with Crippen LogP contribution in [0.2, 0.25) is 0 Å². The van der Waals surface area contributed by atoms with E-state index < -0.39 is 0 Å². The third kappa shape index (κ3) is 2.42. The molecular weight excluding hydrogens is 260 g/mol. The standard InChI is InChI=1S/C18H32N2O/c1-5-18(4)16(21)20(14-11-8-12-17(14,2)3)15(19-18)13-9-6-7-10-13/h13-15,19H,5-12H2,1-4H3. The minimum absolute atomic E-state index is 0.271. The average Bonchev–Trinajstić information content (AvgIpc) is 3.11. The number of rotatable bonds is 3. The van der Waals surface area contributed by atoms with Gasteiger partial charge in [-0.25, -0.2) is 0 Å². The summed E-state index contributed by atoms with van der Waals surface area (Å²) < 4.78 is 0. The number of carbonyl (C=O) groups is 1. The second-order valence-corrected chi connectivity index (χ2v) is 8.43. The van der Waals surface area contributed by atoms with E-state index in [4.69, 9.17) is 0 Å². The molecule has 3 atom stereocenters. The molecule has 2 saturated carbocycles. The molecule has 21 heavy (non-hydrogen) atoms. The number of nitrogens with zero attached hydrogens (tertiary/aromatic N) is 1. The Morgan fingerprint density at radius 1 is 1.14 bits per heavy atom. The molecule has 3 unspecified atom stereocenters. The van der Waals surface area contributed by atoms with Gasteiger partial charge >= 0.3 is 0 Å². The summed E-state index contributed by atoms with van der Waals surface area (Å²) in [6, 6.07) is 0.427. The first-order valence-corrected chi connectivity index (χ1v) is 8.99. The van der Waals surface area contributed by atoms with Crippen LogP contribution in [0, 0.1) is 11.3 Å². The topological polar surface area (TPSA) is 32.3 Å². The normalized spacial score (nSPS) is 40.4. The van der Waals surface area contributed by atoms with Gasteiger partial charge in [0.2, 0.25) is 5.91 Å². The number of carbonyl (C=O) groups excluding carboxylic acids is 1. The van der Waals surface area contributed by atoms with E-state index in [9.17, 15) is 4.79 Å². The first-order chi connectivity index (χ1) is 9.89. The summed E-state index contributed by atoms with van der Waals surface area (Å²) in [5.41, 5.74) is -0.0703. The smallest absolute Gasteiger partial charge is 0.244 e. The van der Waals surface area contributed by atoms with Gasteiger partial charge in [0.15, 0.2) is 0 Å². The van der Waals surface area contributed by atoms with Crippen LogP contribution in [0.5, 0.6) is 0 Å². The fourth-order valence-electron chi connectivity index (χ4n) is 4.90. The molecule has 0 aromatic heterocycles. The maximum Gasteiger partial charge on any atom is 0.244 e. The summed E-state index contributed by atoms with van der Waals surface area (Å²) in [5, 5.41) is 3.75. The van der Waals surface area contributed by atoms with Gasteiger partial charge in [0.05, 0.1) is 11.7 Å². The molecule has 1 heterocycles. The molecule has 0 aromatic rings. The van der Waals surface area contributed by atoms with Crippen LogP contribution < -0.4 is 5.32 Å². The third-order valence-electron chi connectivity index (χ3n) is 6.56. The number of hydrogen-bond acceptors (Lipinski definition) is 2. The summed E-state index contributed by atoms with van der Waals surface area (Å²) >= 11 is 0. The largest absolute Gasteiger partial charge is 0.322 e. The highest BCUT2D eigenvalue weighted by Gasteiger charge is 2.54. The van der Waals surface area contributed by atoms with E-state index in [0.29, 0.717) is 17.9 Å². The summed E-state index contributed by atoms with van der Waals surface area (Å²) in [6.45, 7) is 8.95. The van der Waals surface area contributed by atoms with Gasteiger partial charge in [-0.15, -0.1) is 0 Å². The molecule has 0 radical (unpaired) electrons. The van der Waals surface area contributed by atoms with Crippen LogP contribution in [0.15, 0.2) is 0 Å². The Hall–Kier alpha value is -0.570. The lowest BCUT2D eigenvalue weighted by molar-refractivity contribution is -0.137. The monoisotopic (exact) mass is 292 g/mol. The summed E-state index contributed by atoms with van der Waals surface area (Å²) in [4.78, 5) is 15.5. The lowest BCUT2D eigenvalue weighted by atomic mass is 9.85. The van der Waals surface area contributed by atoms with Crippen molar-refractivity contribution in [3.8, 4) is 0 Å². The molecule has 3 heteroatoms. The van der Waals surface area contributed by atoms with E-state index in [-0.39, 0.29) is 17.1 Å². The van der Waals surface area contributed by atoms with E-state index >= 15 is 0 Å². The third-order valence-corrected chi connectivity index (χ3v) is 6.56. The van der Waals surface area contributed by atoms with Gasteiger partial charge in [0.1, 0.15) is 0 Å². The van der Waals surface area contributed by atoms with Crippen LogP contribution in [-0.2, 0) is 4.79 Å². The van der Waals surface area contributed by atoms with Gasteiger partial charge in [-0.3, -0.25) is 10.1 Å². The minimum Gasteiger partial charge on any atom is -0.322 e. The SMILES string of the molecule is CCC1(C)NC(C2CCCC2)N(C2CCCC2(C)C)C1=O. The highest BCUT2D eigenvalue weighted by Crippen LogP contribution is 2.46. The Balaban J connectivity index is 1.91. The molecule has 3 nitrogen and oxygen atoms in total. The first-order valence-electron chi connectivity index (χ1n) is 8.99. The van der Waals surface area contributed by atoms with Gasteiger partial charge in [0.25, 0.3) is 0 Å². The van der Waals surface area contributed by atoms with Crippen LogP contribution in [0.3, 0.4) is 0 Å². The first kappa shape index (κ1) is 15.3. The number of hydrogen-bond donors (Lipinski definition) is 1. The van der Waals surface area contributed by atoms with Crippen LogP contribution in [0.25, 0.3) is 0 Å². The second kappa shape index (κ2) is 5.26. The minimum atomic E-state index is -0.341. The molecule has 0 spiro atoms. The maximum absolute atomic E-state index is 13.2. The fraction of sp³-hybridized carbons (Fsp3) is 0.944. The molecule has 1 N–H and O–H groups in total. The Labute approximate surface area is 129 Å². The lowest BCUT2D eigenvalue weighted by Crippen LogP contribution is -2.51.